The van der Waals surface area contributed by atoms with Crippen molar-refractivity contribution in [3.8, 4) is 0 Å². The van der Waals surface area contributed by atoms with E-state index in [1.54, 1.807) is 0 Å². The summed E-state index contributed by atoms with van der Waals surface area (Å²) in [7, 11) is 0. The second kappa shape index (κ2) is 8.93. The number of carboxylic acids is 1. The molecule has 2 atom stereocenters. The summed E-state index contributed by atoms with van der Waals surface area (Å²) >= 11 is 0. The minimum Gasteiger partial charge on any atom is -0.481 e. The molecule has 3 N–H and O–H groups in total. The average molecular weight is 284 g/mol. The van der Waals surface area contributed by atoms with Crippen LogP contribution < -0.4 is 0 Å². The van der Waals surface area contributed by atoms with Crippen LogP contribution in [0.15, 0.2) is 23.3 Å². The van der Waals surface area contributed by atoms with Crippen LogP contribution in [0.5, 0.6) is 0 Å². The third kappa shape index (κ3) is 8.88. The number of allylic oxidation sites excluding steroid dienone is 4. The third-order valence-electron chi connectivity index (χ3n) is 3.32. The minimum atomic E-state index is -1.37. The number of rotatable bonds is 9. The highest BCUT2D eigenvalue weighted by Crippen LogP contribution is 2.21. The van der Waals surface area contributed by atoms with Crippen molar-refractivity contribution in [2.24, 2.45) is 0 Å². The molecule has 0 amide bonds. The number of aliphatic carboxylic acids is 1. The Morgan fingerprint density at radius 1 is 1.20 bits per heavy atom. The molecule has 0 aliphatic rings. The third-order valence-corrected chi connectivity index (χ3v) is 3.32. The maximum Gasteiger partial charge on any atom is 0.306 e. The van der Waals surface area contributed by atoms with E-state index in [4.69, 9.17) is 5.11 Å². The molecule has 0 aromatic rings. The van der Waals surface area contributed by atoms with Crippen molar-refractivity contribution < 1.29 is 20.1 Å². The summed E-state index contributed by atoms with van der Waals surface area (Å²) in [4.78, 5) is 10.5. The van der Waals surface area contributed by atoms with Crippen molar-refractivity contribution >= 4 is 5.97 Å². The Bertz CT molecular complexity index is 363. The topological polar surface area (TPSA) is 77.8 Å². The molecule has 0 rings (SSSR count). The van der Waals surface area contributed by atoms with Gasteiger partial charge >= 0.3 is 5.97 Å². The number of aliphatic hydroxyl groups is 2. The highest BCUT2D eigenvalue weighted by molar-refractivity contribution is 5.67. The Labute approximate surface area is 121 Å². The Morgan fingerprint density at radius 2 is 1.80 bits per heavy atom. The van der Waals surface area contributed by atoms with Gasteiger partial charge in [0.25, 0.3) is 0 Å². The molecule has 4 nitrogen and oxygen atoms in total. The number of hydrogen-bond acceptors (Lipinski definition) is 3. The van der Waals surface area contributed by atoms with E-state index >= 15 is 0 Å². The van der Waals surface area contributed by atoms with Crippen molar-refractivity contribution in [2.45, 2.75) is 71.5 Å². The lowest BCUT2D eigenvalue weighted by molar-refractivity contribution is -0.145. The minimum absolute atomic E-state index is 0.349. The fraction of sp³-hybridized carbons (Fsp3) is 0.688. The first-order valence-electron chi connectivity index (χ1n) is 7.06. The molecule has 0 aromatic heterocycles. The van der Waals surface area contributed by atoms with E-state index in [9.17, 15) is 15.0 Å². The van der Waals surface area contributed by atoms with Crippen LogP contribution in [-0.2, 0) is 4.79 Å². The van der Waals surface area contributed by atoms with E-state index < -0.39 is 24.1 Å². The summed E-state index contributed by atoms with van der Waals surface area (Å²) in [6.07, 6.45) is 5.51. The summed E-state index contributed by atoms with van der Waals surface area (Å²) in [5.74, 6) is -1.11. The molecule has 0 spiro atoms. The van der Waals surface area contributed by atoms with Gasteiger partial charge in [-0.25, -0.2) is 0 Å². The molecule has 0 bridgehead atoms. The van der Waals surface area contributed by atoms with E-state index in [1.165, 1.54) is 18.1 Å². The summed E-state index contributed by atoms with van der Waals surface area (Å²) in [6, 6.07) is 0. The van der Waals surface area contributed by atoms with Crippen LogP contribution in [-0.4, -0.2) is 33.0 Å². The lowest BCUT2D eigenvalue weighted by Gasteiger charge is -2.27. The zero-order chi connectivity index (χ0) is 15.8. The second-order valence-electron chi connectivity index (χ2n) is 5.88. The Morgan fingerprint density at radius 3 is 2.30 bits per heavy atom. The quantitative estimate of drug-likeness (QED) is 0.569. The first-order chi connectivity index (χ1) is 9.15. The van der Waals surface area contributed by atoms with Gasteiger partial charge in [0.1, 0.15) is 0 Å². The largest absolute Gasteiger partial charge is 0.481 e. The molecule has 0 fully saturated rings. The van der Waals surface area contributed by atoms with Gasteiger partial charge in [-0.2, -0.15) is 0 Å². The van der Waals surface area contributed by atoms with Crippen LogP contribution in [0.1, 0.15) is 59.8 Å². The predicted octanol–water partition coefficient (Wildman–Crippen LogP) is 3.05. The zero-order valence-electron chi connectivity index (χ0n) is 13.0. The van der Waals surface area contributed by atoms with Gasteiger partial charge in [-0.1, -0.05) is 23.3 Å². The average Bonchev–Trinajstić information content (AvgIpc) is 2.27. The SMILES string of the molecule is CC(C)=CCC/C(C)=C\CC[C@@](C)(O)[C@@H](O)CC(=O)O. The van der Waals surface area contributed by atoms with E-state index in [0.29, 0.717) is 12.8 Å². The molecule has 0 aliphatic carbocycles. The summed E-state index contributed by atoms with van der Waals surface area (Å²) < 4.78 is 0. The molecule has 0 radical (unpaired) electrons. The monoisotopic (exact) mass is 284 g/mol. The number of aliphatic hydroxyl groups excluding tert-OH is 1. The van der Waals surface area contributed by atoms with E-state index in [2.05, 4.69) is 19.9 Å². The van der Waals surface area contributed by atoms with E-state index in [1.807, 2.05) is 13.0 Å². The van der Waals surface area contributed by atoms with Crippen LogP contribution in [0.3, 0.4) is 0 Å². The van der Waals surface area contributed by atoms with Crippen molar-refractivity contribution in [1.82, 2.24) is 0 Å². The second-order valence-corrected chi connectivity index (χ2v) is 5.88. The predicted molar refractivity (Wildman–Crippen MR) is 80.5 cm³/mol. The highest BCUT2D eigenvalue weighted by Gasteiger charge is 2.31. The molecule has 116 valence electrons. The summed E-state index contributed by atoms with van der Waals surface area (Å²) in [6.45, 7) is 7.66. The molecule has 0 unspecified atom stereocenters. The highest BCUT2D eigenvalue weighted by atomic mass is 16.4. The molecule has 20 heavy (non-hydrogen) atoms. The van der Waals surface area contributed by atoms with Gasteiger partial charge in [0.15, 0.2) is 0 Å². The van der Waals surface area contributed by atoms with Gasteiger partial charge in [-0.05, 0) is 53.4 Å². The zero-order valence-corrected chi connectivity index (χ0v) is 13.0. The number of carbonyl (C=O) groups is 1. The van der Waals surface area contributed by atoms with Crippen molar-refractivity contribution in [1.29, 1.82) is 0 Å². The summed E-state index contributed by atoms with van der Waals surface area (Å²) in [5.41, 5.74) is 1.18. The molecule has 4 heteroatoms. The Kier molecular flexibility index (Phi) is 8.42. The van der Waals surface area contributed by atoms with E-state index in [0.717, 1.165) is 12.8 Å². The molecule has 0 aromatic carbocycles. The van der Waals surface area contributed by atoms with Crippen LogP contribution in [0.2, 0.25) is 0 Å². The van der Waals surface area contributed by atoms with Crippen molar-refractivity contribution in [3.05, 3.63) is 23.3 Å². The maximum atomic E-state index is 10.5. The fourth-order valence-electron chi connectivity index (χ4n) is 1.85. The molecule has 0 saturated carbocycles. The van der Waals surface area contributed by atoms with Crippen LogP contribution in [0, 0.1) is 0 Å². The number of carboxylic acid groups (broad SMARTS) is 1. The van der Waals surface area contributed by atoms with Gasteiger partial charge in [-0.3, -0.25) is 4.79 Å². The van der Waals surface area contributed by atoms with Gasteiger partial charge in [0.2, 0.25) is 0 Å². The number of hydrogen-bond donors (Lipinski definition) is 3. The first kappa shape index (κ1) is 18.9. The Hall–Kier alpha value is -1.13. The van der Waals surface area contributed by atoms with Gasteiger partial charge in [-0.15, -0.1) is 0 Å². The van der Waals surface area contributed by atoms with Crippen molar-refractivity contribution in [3.63, 3.8) is 0 Å². The standard InChI is InChI=1S/C16H28O4/c1-12(2)7-5-8-13(3)9-6-10-16(4,20)14(17)11-15(18)19/h7,9,14,17,20H,5-6,8,10-11H2,1-4H3,(H,18,19)/b13-9-/t14-,16+/m0/s1. The molecular weight excluding hydrogens is 256 g/mol. The van der Waals surface area contributed by atoms with Crippen molar-refractivity contribution in [2.75, 3.05) is 0 Å². The molecule has 0 heterocycles. The van der Waals surface area contributed by atoms with Crippen LogP contribution in [0.4, 0.5) is 0 Å². The molecular formula is C16H28O4. The maximum absolute atomic E-state index is 10.5. The van der Waals surface area contributed by atoms with Crippen LogP contribution >= 0.6 is 0 Å². The van der Waals surface area contributed by atoms with Crippen LogP contribution in [0.25, 0.3) is 0 Å². The smallest absolute Gasteiger partial charge is 0.306 e. The molecule has 0 aliphatic heterocycles. The van der Waals surface area contributed by atoms with E-state index in [-0.39, 0.29) is 0 Å². The lowest BCUT2D eigenvalue weighted by Crippen LogP contribution is -2.40. The Balaban J connectivity index is 4.19. The summed E-state index contributed by atoms with van der Waals surface area (Å²) in [5, 5.41) is 28.3. The fourth-order valence-corrected chi connectivity index (χ4v) is 1.85. The normalized spacial score (nSPS) is 16.4. The molecule has 0 saturated heterocycles. The van der Waals surface area contributed by atoms with Gasteiger partial charge in [0.05, 0.1) is 18.1 Å². The first-order valence-corrected chi connectivity index (χ1v) is 7.06. The lowest BCUT2D eigenvalue weighted by atomic mass is 9.91. The van der Waals surface area contributed by atoms with Gasteiger partial charge < -0.3 is 15.3 Å². The van der Waals surface area contributed by atoms with Gasteiger partial charge in [0, 0.05) is 0 Å².